The van der Waals surface area contributed by atoms with Crippen LogP contribution in [0.3, 0.4) is 0 Å². The smallest absolute Gasteiger partial charge is 0.374 e. The van der Waals surface area contributed by atoms with Gasteiger partial charge in [0.1, 0.15) is 0 Å². The summed E-state index contributed by atoms with van der Waals surface area (Å²) in [5.74, 6) is 0.455. The summed E-state index contributed by atoms with van der Waals surface area (Å²) in [4.78, 5) is 3.97. The zero-order valence-corrected chi connectivity index (χ0v) is 14.7. The lowest BCUT2D eigenvalue weighted by atomic mass is 9.67. The zero-order valence-electron chi connectivity index (χ0n) is 14.7. The molecule has 140 valence electrons. The second-order valence-electron chi connectivity index (χ2n) is 8.45. The van der Waals surface area contributed by atoms with E-state index in [-0.39, 0.29) is 17.3 Å². The Morgan fingerprint density at radius 3 is 2.62 bits per heavy atom. The molecule has 0 amide bonds. The fraction of sp³-hybridized carbons (Fsp3) is 0.667. The number of aliphatic hydroxyl groups is 1. The highest BCUT2D eigenvalue weighted by Crippen LogP contribution is 2.59. The third-order valence-electron chi connectivity index (χ3n) is 6.64. The molecule has 3 fully saturated rings. The predicted octanol–water partition coefficient (Wildman–Crippen LogP) is 3.53. The summed E-state index contributed by atoms with van der Waals surface area (Å²) in [6.07, 6.45) is 1.38. The molecule has 0 saturated heterocycles. The van der Waals surface area contributed by atoms with Gasteiger partial charge in [-0.1, -0.05) is 0 Å². The van der Waals surface area contributed by atoms with E-state index in [0.717, 1.165) is 30.7 Å². The number of nitrogens with zero attached hydrogens (tertiary/aromatic N) is 4. The van der Waals surface area contributed by atoms with Crippen molar-refractivity contribution in [3.63, 3.8) is 0 Å². The topological polar surface area (TPSA) is 55.9 Å². The van der Waals surface area contributed by atoms with Gasteiger partial charge in [0.2, 0.25) is 5.60 Å². The molecule has 2 atom stereocenters. The van der Waals surface area contributed by atoms with Gasteiger partial charge in [-0.05, 0) is 51.5 Å². The molecule has 0 aromatic carbocycles. The lowest BCUT2D eigenvalue weighted by Gasteiger charge is -2.36. The number of halogens is 3. The molecule has 5 nitrogen and oxygen atoms in total. The molecule has 3 aliphatic carbocycles. The van der Waals surface area contributed by atoms with E-state index < -0.39 is 11.8 Å². The molecular formula is C18H21F3N4O. The molecule has 1 N–H and O–H groups in total. The van der Waals surface area contributed by atoms with Crippen LogP contribution in [0.25, 0.3) is 11.4 Å². The minimum Gasteiger partial charge on any atom is -0.374 e. The summed E-state index contributed by atoms with van der Waals surface area (Å²) in [6, 6.07) is 1.75. The van der Waals surface area contributed by atoms with Crippen LogP contribution in [-0.4, -0.2) is 30.6 Å². The fourth-order valence-electron chi connectivity index (χ4n) is 5.11. The number of rotatable bonds is 2. The first-order valence-corrected chi connectivity index (χ1v) is 9.08. The molecule has 6 rings (SSSR count). The van der Waals surface area contributed by atoms with E-state index in [1.54, 1.807) is 0 Å². The third-order valence-corrected chi connectivity index (χ3v) is 6.64. The highest BCUT2D eigenvalue weighted by Gasteiger charge is 2.55. The van der Waals surface area contributed by atoms with Gasteiger partial charge >= 0.3 is 6.18 Å². The van der Waals surface area contributed by atoms with Gasteiger partial charge in [0.15, 0.2) is 5.82 Å². The molecule has 3 saturated carbocycles. The molecule has 0 unspecified atom stereocenters. The van der Waals surface area contributed by atoms with Crippen LogP contribution in [0.15, 0.2) is 12.3 Å². The Bertz CT molecular complexity index is 883. The molecule has 0 spiro atoms. The molecule has 1 aliphatic heterocycles. The Hall–Kier alpha value is -1.83. The van der Waals surface area contributed by atoms with Gasteiger partial charge < -0.3 is 9.67 Å². The van der Waals surface area contributed by atoms with Crippen LogP contribution < -0.4 is 0 Å². The summed E-state index contributed by atoms with van der Waals surface area (Å²) < 4.78 is 43.4. The van der Waals surface area contributed by atoms with Crippen LogP contribution in [0.4, 0.5) is 13.2 Å². The number of hydrogen-bond acceptors (Lipinski definition) is 3. The third kappa shape index (κ3) is 1.91. The standard InChI is InChI=1S/C18H21F3N4O/c1-10-9-24-12(5-14(23-24)17-4-3-11(6-17)7-17)13-8-22-15(25(10)13)16(2,26)18(19,20)21/h5,8,10-11,26H,3-4,6-7,9H2,1-2H3/t10-,11?,16+,17?/m0/s1. The molecule has 8 heteroatoms. The Morgan fingerprint density at radius 1 is 1.27 bits per heavy atom. The van der Waals surface area contributed by atoms with Crippen molar-refractivity contribution in [2.24, 2.45) is 5.92 Å². The van der Waals surface area contributed by atoms with Gasteiger partial charge in [-0.15, -0.1) is 0 Å². The van der Waals surface area contributed by atoms with Gasteiger partial charge in [-0.2, -0.15) is 18.3 Å². The van der Waals surface area contributed by atoms with E-state index in [4.69, 9.17) is 5.10 Å². The van der Waals surface area contributed by atoms with E-state index in [0.29, 0.717) is 12.2 Å². The summed E-state index contributed by atoms with van der Waals surface area (Å²) in [5.41, 5.74) is -0.377. The van der Waals surface area contributed by atoms with E-state index in [1.807, 2.05) is 17.7 Å². The average Bonchev–Trinajstić information content (AvgIpc) is 3.26. The molecule has 2 bridgehead atoms. The van der Waals surface area contributed by atoms with E-state index >= 15 is 0 Å². The Labute approximate surface area is 148 Å². The second-order valence-corrected chi connectivity index (χ2v) is 8.45. The molecule has 3 heterocycles. The van der Waals surface area contributed by atoms with Crippen molar-refractivity contribution < 1.29 is 18.3 Å². The van der Waals surface area contributed by atoms with Gasteiger partial charge in [-0.25, -0.2) is 4.98 Å². The van der Waals surface area contributed by atoms with Crippen molar-refractivity contribution in [2.75, 3.05) is 0 Å². The largest absolute Gasteiger partial charge is 0.424 e. The van der Waals surface area contributed by atoms with Crippen molar-refractivity contribution >= 4 is 0 Å². The van der Waals surface area contributed by atoms with Crippen LogP contribution in [0.1, 0.15) is 57.1 Å². The quantitative estimate of drug-likeness (QED) is 0.885. The molecule has 0 radical (unpaired) electrons. The summed E-state index contributed by atoms with van der Waals surface area (Å²) in [5, 5.41) is 14.9. The molecular weight excluding hydrogens is 345 g/mol. The Morgan fingerprint density at radius 2 is 2.00 bits per heavy atom. The predicted molar refractivity (Wildman–Crippen MR) is 87.4 cm³/mol. The molecule has 2 aromatic heterocycles. The van der Waals surface area contributed by atoms with Crippen LogP contribution in [0.2, 0.25) is 0 Å². The van der Waals surface area contributed by atoms with Crippen LogP contribution in [-0.2, 0) is 17.6 Å². The SMILES string of the molecule is C[C@H]1Cn2nc(C34CCC(C3)C4)cc2-c2cnc([C@@](C)(O)C(F)(F)F)n21. The first kappa shape index (κ1) is 16.4. The number of fused-ring (bicyclic) bond motifs is 4. The minimum atomic E-state index is -4.79. The van der Waals surface area contributed by atoms with Crippen molar-refractivity contribution in [1.82, 2.24) is 19.3 Å². The highest BCUT2D eigenvalue weighted by molar-refractivity contribution is 5.58. The molecule has 26 heavy (non-hydrogen) atoms. The van der Waals surface area contributed by atoms with Crippen LogP contribution in [0.5, 0.6) is 0 Å². The minimum absolute atomic E-state index is 0.170. The van der Waals surface area contributed by atoms with Crippen molar-refractivity contribution in [3.8, 4) is 11.4 Å². The van der Waals surface area contributed by atoms with E-state index in [1.165, 1.54) is 30.0 Å². The maximum atomic E-state index is 13.3. The maximum absolute atomic E-state index is 13.3. The lowest BCUT2D eigenvalue weighted by Crippen LogP contribution is -2.42. The van der Waals surface area contributed by atoms with Gasteiger partial charge in [0, 0.05) is 5.41 Å². The second kappa shape index (κ2) is 4.71. The number of imidazole rings is 1. The average molecular weight is 366 g/mol. The first-order chi connectivity index (χ1) is 12.1. The summed E-state index contributed by atoms with van der Waals surface area (Å²) in [7, 11) is 0. The van der Waals surface area contributed by atoms with E-state index in [2.05, 4.69) is 4.98 Å². The van der Waals surface area contributed by atoms with E-state index in [9.17, 15) is 18.3 Å². The molecule has 4 aliphatic rings. The van der Waals surface area contributed by atoms with Crippen molar-refractivity contribution in [3.05, 3.63) is 23.8 Å². The highest BCUT2D eigenvalue weighted by atomic mass is 19.4. The summed E-state index contributed by atoms with van der Waals surface area (Å²) in [6.45, 7) is 3.07. The van der Waals surface area contributed by atoms with Gasteiger partial charge in [0.05, 0.1) is 35.9 Å². The molecule has 2 aromatic rings. The Kier molecular flexibility index (Phi) is 2.96. The number of alkyl halides is 3. The van der Waals surface area contributed by atoms with Crippen LogP contribution >= 0.6 is 0 Å². The number of aromatic nitrogens is 4. The van der Waals surface area contributed by atoms with Crippen LogP contribution in [0, 0.1) is 5.92 Å². The fourth-order valence-corrected chi connectivity index (χ4v) is 5.11. The van der Waals surface area contributed by atoms with Gasteiger partial charge in [-0.3, -0.25) is 4.68 Å². The monoisotopic (exact) mass is 366 g/mol. The Balaban J connectivity index is 1.61. The normalized spacial score (nSPS) is 31.9. The number of hydrogen-bond donors (Lipinski definition) is 1. The van der Waals surface area contributed by atoms with Gasteiger partial charge in [0.25, 0.3) is 0 Å². The maximum Gasteiger partial charge on any atom is 0.424 e. The zero-order chi connectivity index (χ0) is 18.5. The summed E-state index contributed by atoms with van der Waals surface area (Å²) >= 11 is 0. The van der Waals surface area contributed by atoms with Crippen molar-refractivity contribution in [1.29, 1.82) is 0 Å². The van der Waals surface area contributed by atoms with Crippen molar-refractivity contribution in [2.45, 2.75) is 69.3 Å². The first-order valence-electron chi connectivity index (χ1n) is 9.08. The lowest BCUT2D eigenvalue weighted by molar-refractivity contribution is -0.262.